The Kier molecular flexibility index (Phi) is 3.49. The number of halogens is 5. The Bertz CT molecular complexity index is 566. The Hall–Kier alpha value is -1.27. The van der Waals surface area contributed by atoms with E-state index < -0.39 is 11.9 Å². The first kappa shape index (κ1) is 13.2. The molecule has 0 fully saturated rings. The zero-order chi connectivity index (χ0) is 13.3. The SMILES string of the molecule is FC(F)(F)c1ccn(-c2ccc(Cl)c(CCl)n2)n1. The number of rotatable bonds is 2. The third kappa shape index (κ3) is 2.59. The minimum atomic E-state index is -4.48. The Labute approximate surface area is 110 Å². The number of aromatic nitrogens is 3. The summed E-state index contributed by atoms with van der Waals surface area (Å²) in [6.07, 6.45) is -3.30. The summed E-state index contributed by atoms with van der Waals surface area (Å²) in [5.41, 5.74) is -0.591. The van der Waals surface area contributed by atoms with Crippen LogP contribution in [0.15, 0.2) is 24.4 Å². The van der Waals surface area contributed by atoms with Crippen molar-refractivity contribution in [2.24, 2.45) is 0 Å². The minimum Gasteiger partial charge on any atom is -0.231 e. The molecular weight excluding hydrogens is 290 g/mol. The van der Waals surface area contributed by atoms with E-state index in [1.54, 1.807) is 0 Å². The van der Waals surface area contributed by atoms with E-state index in [0.717, 1.165) is 10.7 Å². The predicted molar refractivity (Wildman–Crippen MR) is 60.9 cm³/mol. The van der Waals surface area contributed by atoms with E-state index >= 15 is 0 Å². The summed E-state index contributed by atoms with van der Waals surface area (Å²) < 4.78 is 38.2. The highest BCUT2D eigenvalue weighted by molar-refractivity contribution is 6.32. The van der Waals surface area contributed by atoms with Gasteiger partial charge in [0.05, 0.1) is 16.6 Å². The lowest BCUT2D eigenvalue weighted by Crippen LogP contribution is -2.08. The molecule has 2 aromatic heterocycles. The summed E-state index contributed by atoms with van der Waals surface area (Å²) in [7, 11) is 0. The lowest BCUT2D eigenvalue weighted by Gasteiger charge is -2.05. The molecule has 0 aliphatic heterocycles. The number of hydrogen-bond donors (Lipinski definition) is 0. The third-order valence-corrected chi connectivity index (χ3v) is 2.74. The zero-order valence-electron chi connectivity index (χ0n) is 8.75. The van der Waals surface area contributed by atoms with Crippen LogP contribution in [0.4, 0.5) is 13.2 Å². The fraction of sp³-hybridized carbons (Fsp3) is 0.200. The second-order valence-electron chi connectivity index (χ2n) is 3.37. The molecule has 0 bridgehead atoms. The molecule has 2 heterocycles. The van der Waals surface area contributed by atoms with Gasteiger partial charge in [-0.15, -0.1) is 11.6 Å². The normalized spacial score (nSPS) is 11.8. The van der Waals surface area contributed by atoms with E-state index in [9.17, 15) is 13.2 Å². The van der Waals surface area contributed by atoms with Crippen LogP contribution < -0.4 is 0 Å². The lowest BCUT2D eigenvalue weighted by atomic mass is 10.3. The minimum absolute atomic E-state index is 0.0695. The largest absolute Gasteiger partial charge is 0.435 e. The molecular formula is C10H6Cl2F3N3. The van der Waals surface area contributed by atoms with Gasteiger partial charge in [0.2, 0.25) is 0 Å². The van der Waals surface area contributed by atoms with Crippen LogP contribution in [0.3, 0.4) is 0 Å². The van der Waals surface area contributed by atoms with Crippen LogP contribution in [-0.4, -0.2) is 14.8 Å². The van der Waals surface area contributed by atoms with Crippen molar-refractivity contribution in [3.05, 3.63) is 40.8 Å². The van der Waals surface area contributed by atoms with E-state index in [4.69, 9.17) is 23.2 Å². The van der Waals surface area contributed by atoms with E-state index in [2.05, 4.69) is 10.1 Å². The van der Waals surface area contributed by atoms with Gasteiger partial charge in [0.1, 0.15) is 0 Å². The molecule has 2 rings (SSSR count). The first-order valence-electron chi connectivity index (χ1n) is 4.76. The first-order valence-corrected chi connectivity index (χ1v) is 5.67. The molecule has 8 heteroatoms. The molecule has 0 saturated heterocycles. The molecule has 0 atom stereocenters. The van der Waals surface area contributed by atoms with Crippen LogP contribution >= 0.6 is 23.2 Å². The van der Waals surface area contributed by atoms with Crippen molar-refractivity contribution in [3.8, 4) is 5.82 Å². The number of nitrogens with zero attached hydrogens (tertiary/aromatic N) is 3. The van der Waals surface area contributed by atoms with Gasteiger partial charge in [0.15, 0.2) is 11.5 Å². The van der Waals surface area contributed by atoms with Gasteiger partial charge in [-0.05, 0) is 18.2 Å². The molecule has 3 nitrogen and oxygen atoms in total. The molecule has 0 amide bonds. The molecule has 96 valence electrons. The van der Waals surface area contributed by atoms with Crippen LogP contribution in [0.25, 0.3) is 5.82 Å². The maximum absolute atomic E-state index is 12.4. The summed E-state index contributed by atoms with van der Waals surface area (Å²) in [5.74, 6) is 0.297. The highest BCUT2D eigenvalue weighted by Crippen LogP contribution is 2.28. The van der Waals surface area contributed by atoms with Crippen LogP contribution in [0.2, 0.25) is 5.02 Å². The average Bonchev–Trinajstić information content (AvgIpc) is 2.78. The summed E-state index contributed by atoms with van der Waals surface area (Å²) >= 11 is 11.4. The van der Waals surface area contributed by atoms with Gasteiger partial charge < -0.3 is 0 Å². The Morgan fingerprint density at radius 3 is 2.50 bits per heavy atom. The van der Waals surface area contributed by atoms with Crippen molar-refractivity contribution in [3.63, 3.8) is 0 Å². The van der Waals surface area contributed by atoms with Crippen molar-refractivity contribution in [1.29, 1.82) is 0 Å². The average molecular weight is 296 g/mol. The van der Waals surface area contributed by atoms with Crippen molar-refractivity contribution >= 4 is 23.2 Å². The molecule has 0 N–H and O–H groups in total. The highest BCUT2D eigenvalue weighted by Gasteiger charge is 2.33. The summed E-state index contributed by atoms with van der Waals surface area (Å²) in [6, 6.07) is 3.85. The van der Waals surface area contributed by atoms with Crippen LogP contribution in [0.1, 0.15) is 11.4 Å². The van der Waals surface area contributed by atoms with Gasteiger partial charge in [-0.1, -0.05) is 11.6 Å². The van der Waals surface area contributed by atoms with Gasteiger partial charge in [-0.25, -0.2) is 9.67 Å². The van der Waals surface area contributed by atoms with Gasteiger partial charge in [-0.3, -0.25) is 0 Å². The molecule has 2 aromatic rings. The quantitative estimate of drug-likeness (QED) is 0.791. The smallest absolute Gasteiger partial charge is 0.231 e. The van der Waals surface area contributed by atoms with Crippen molar-refractivity contribution in [2.75, 3.05) is 0 Å². The Morgan fingerprint density at radius 2 is 1.94 bits per heavy atom. The number of alkyl halides is 4. The van der Waals surface area contributed by atoms with Crippen LogP contribution in [0, 0.1) is 0 Å². The molecule has 0 saturated carbocycles. The van der Waals surface area contributed by atoms with Gasteiger partial charge in [-0.2, -0.15) is 18.3 Å². The topological polar surface area (TPSA) is 30.7 Å². The van der Waals surface area contributed by atoms with E-state index in [0.29, 0.717) is 10.7 Å². The third-order valence-electron chi connectivity index (χ3n) is 2.14. The lowest BCUT2D eigenvalue weighted by molar-refractivity contribution is -0.141. The fourth-order valence-corrected chi connectivity index (χ4v) is 1.74. The van der Waals surface area contributed by atoms with Crippen molar-refractivity contribution in [1.82, 2.24) is 14.8 Å². The Balaban J connectivity index is 2.40. The summed E-state index contributed by atoms with van der Waals surface area (Å²) in [4.78, 5) is 4.03. The van der Waals surface area contributed by atoms with Gasteiger partial charge >= 0.3 is 6.18 Å². The van der Waals surface area contributed by atoms with Crippen LogP contribution in [-0.2, 0) is 12.1 Å². The standard InChI is InChI=1S/C10H6Cl2F3N3/c11-5-7-6(12)1-2-9(16-7)18-4-3-8(17-18)10(13,14)15/h1-4H,5H2. The van der Waals surface area contributed by atoms with Crippen molar-refractivity contribution < 1.29 is 13.2 Å². The molecule has 0 unspecified atom stereocenters. The zero-order valence-corrected chi connectivity index (χ0v) is 10.3. The molecule has 0 aromatic carbocycles. The van der Waals surface area contributed by atoms with Crippen molar-refractivity contribution in [2.45, 2.75) is 12.1 Å². The molecule has 0 spiro atoms. The predicted octanol–water partition coefficient (Wildman–Crippen LogP) is 3.68. The molecule has 0 aliphatic carbocycles. The van der Waals surface area contributed by atoms with Gasteiger partial charge in [0.25, 0.3) is 0 Å². The summed E-state index contributed by atoms with van der Waals surface area (Å²) in [5, 5.41) is 3.76. The first-order chi connectivity index (χ1) is 8.41. The summed E-state index contributed by atoms with van der Waals surface area (Å²) in [6.45, 7) is 0. The maximum atomic E-state index is 12.4. The second kappa shape index (κ2) is 4.78. The monoisotopic (exact) mass is 295 g/mol. The van der Waals surface area contributed by atoms with E-state index in [1.165, 1.54) is 18.3 Å². The number of pyridine rings is 1. The number of hydrogen-bond acceptors (Lipinski definition) is 2. The van der Waals surface area contributed by atoms with E-state index in [-0.39, 0.29) is 11.7 Å². The second-order valence-corrected chi connectivity index (χ2v) is 4.05. The molecule has 0 radical (unpaired) electrons. The molecule has 18 heavy (non-hydrogen) atoms. The van der Waals surface area contributed by atoms with E-state index in [1.807, 2.05) is 0 Å². The molecule has 0 aliphatic rings. The fourth-order valence-electron chi connectivity index (χ4n) is 1.30. The van der Waals surface area contributed by atoms with Gasteiger partial charge in [0, 0.05) is 6.20 Å². The highest BCUT2D eigenvalue weighted by atomic mass is 35.5. The maximum Gasteiger partial charge on any atom is 0.435 e. The van der Waals surface area contributed by atoms with Crippen LogP contribution in [0.5, 0.6) is 0 Å². The Morgan fingerprint density at radius 1 is 1.22 bits per heavy atom.